The molecule has 1 aromatic rings. The van der Waals surface area contributed by atoms with Crippen LogP contribution in [0.4, 0.5) is 13.2 Å². The monoisotopic (exact) mass is 369 g/mol. The van der Waals surface area contributed by atoms with Crippen LogP contribution in [0.15, 0.2) is 0 Å². The molecular formula is C18H24F3OSi2. The SMILES string of the molecule is Cc1c(C#C[Si](C)(C)C)c(C(F)(F)F)c(C)c(O[Si])c1C(C)(C)C. The Kier molecular flexibility index (Phi) is 5.74. The second kappa shape index (κ2) is 6.60. The molecule has 0 aliphatic rings. The van der Waals surface area contributed by atoms with Crippen molar-refractivity contribution in [3.05, 3.63) is 27.8 Å². The third-order valence-electron chi connectivity index (χ3n) is 3.64. The van der Waals surface area contributed by atoms with Crippen molar-refractivity contribution in [2.75, 3.05) is 0 Å². The van der Waals surface area contributed by atoms with Gasteiger partial charge in [0, 0.05) is 16.7 Å². The molecule has 0 amide bonds. The van der Waals surface area contributed by atoms with Crippen LogP contribution in [0.3, 0.4) is 0 Å². The number of hydrogen-bond donors (Lipinski definition) is 0. The van der Waals surface area contributed by atoms with Crippen molar-refractivity contribution in [2.24, 2.45) is 0 Å². The lowest BCUT2D eigenvalue weighted by Gasteiger charge is -2.29. The highest BCUT2D eigenvalue weighted by Crippen LogP contribution is 2.45. The highest BCUT2D eigenvalue weighted by Gasteiger charge is 2.39. The van der Waals surface area contributed by atoms with Gasteiger partial charge >= 0.3 is 16.7 Å². The molecule has 0 fully saturated rings. The van der Waals surface area contributed by atoms with Crippen LogP contribution >= 0.6 is 0 Å². The Balaban J connectivity index is 4.04. The summed E-state index contributed by atoms with van der Waals surface area (Å²) < 4.78 is 46.4. The zero-order valence-electron chi connectivity index (χ0n) is 15.5. The maximum absolute atomic E-state index is 13.7. The van der Waals surface area contributed by atoms with Crippen LogP contribution in [0, 0.1) is 25.3 Å². The van der Waals surface area contributed by atoms with Crippen molar-refractivity contribution < 1.29 is 17.6 Å². The molecule has 0 heterocycles. The molecule has 1 aromatic carbocycles. The topological polar surface area (TPSA) is 9.23 Å². The quantitative estimate of drug-likeness (QED) is 0.481. The maximum atomic E-state index is 13.7. The molecule has 0 N–H and O–H groups in total. The van der Waals surface area contributed by atoms with Crippen LogP contribution in [-0.2, 0) is 11.6 Å². The molecular weight excluding hydrogens is 345 g/mol. The largest absolute Gasteiger partial charge is 0.540 e. The maximum Gasteiger partial charge on any atom is 0.418 e. The molecule has 0 aliphatic carbocycles. The van der Waals surface area contributed by atoms with Gasteiger partial charge in [-0.1, -0.05) is 46.3 Å². The molecule has 0 spiro atoms. The fraction of sp³-hybridized carbons (Fsp3) is 0.556. The molecule has 1 nitrogen and oxygen atoms in total. The van der Waals surface area contributed by atoms with Crippen LogP contribution in [0.2, 0.25) is 19.6 Å². The molecule has 0 aromatic heterocycles. The number of benzene rings is 1. The Bertz CT molecular complexity index is 697. The van der Waals surface area contributed by atoms with Crippen molar-refractivity contribution in [1.29, 1.82) is 0 Å². The number of hydrogen-bond acceptors (Lipinski definition) is 1. The van der Waals surface area contributed by atoms with E-state index in [1.807, 2.05) is 40.4 Å². The van der Waals surface area contributed by atoms with E-state index in [9.17, 15) is 13.2 Å². The summed E-state index contributed by atoms with van der Waals surface area (Å²) in [6, 6.07) is 0. The highest BCUT2D eigenvalue weighted by molar-refractivity contribution is 6.83. The van der Waals surface area contributed by atoms with Gasteiger partial charge in [0.05, 0.1) is 5.56 Å². The Morgan fingerprint density at radius 1 is 0.958 bits per heavy atom. The molecule has 131 valence electrons. The first-order chi connectivity index (χ1) is 10.6. The summed E-state index contributed by atoms with van der Waals surface area (Å²) in [6.07, 6.45) is -4.49. The van der Waals surface area contributed by atoms with E-state index < -0.39 is 19.8 Å². The van der Waals surface area contributed by atoms with Crippen molar-refractivity contribution in [1.82, 2.24) is 0 Å². The van der Waals surface area contributed by atoms with E-state index in [2.05, 4.69) is 22.0 Å². The van der Waals surface area contributed by atoms with Gasteiger partial charge in [-0.25, -0.2) is 0 Å². The van der Waals surface area contributed by atoms with Crippen molar-refractivity contribution >= 4 is 18.6 Å². The molecule has 24 heavy (non-hydrogen) atoms. The number of rotatable bonds is 1. The Morgan fingerprint density at radius 3 is 1.79 bits per heavy atom. The van der Waals surface area contributed by atoms with Crippen LogP contribution in [0.1, 0.15) is 48.6 Å². The summed E-state index contributed by atoms with van der Waals surface area (Å²) in [5.41, 5.74) is 3.39. The highest BCUT2D eigenvalue weighted by atomic mass is 28.3. The van der Waals surface area contributed by atoms with Gasteiger partial charge in [0.25, 0.3) is 0 Å². The van der Waals surface area contributed by atoms with Crippen LogP contribution in [0.5, 0.6) is 5.75 Å². The minimum atomic E-state index is -4.49. The van der Waals surface area contributed by atoms with E-state index in [4.69, 9.17) is 4.43 Å². The molecule has 0 bridgehead atoms. The molecule has 0 unspecified atom stereocenters. The van der Waals surface area contributed by atoms with Gasteiger partial charge in [0.1, 0.15) is 13.8 Å². The summed E-state index contributed by atoms with van der Waals surface area (Å²) in [5.74, 6) is 3.08. The van der Waals surface area contributed by atoms with E-state index in [1.165, 1.54) is 6.92 Å². The van der Waals surface area contributed by atoms with E-state index in [0.29, 0.717) is 5.56 Å². The van der Waals surface area contributed by atoms with Crippen molar-refractivity contribution in [2.45, 2.75) is 65.9 Å². The first-order valence-corrected chi connectivity index (χ1v) is 11.6. The molecule has 1 rings (SSSR count). The zero-order chi connectivity index (χ0) is 19.1. The average Bonchev–Trinajstić information content (AvgIpc) is 2.34. The predicted octanol–water partition coefficient (Wildman–Crippen LogP) is 5.31. The number of halogens is 3. The van der Waals surface area contributed by atoms with Gasteiger partial charge in [-0.15, -0.1) is 5.54 Å². The van der Waals surface area contributed by atoms with E-state index in [0.717, 1.165) is 5.56 Å². The smallest absolute Gasteiger partial charge is 0.418 e. The van der Waals surface area contributed by atoms with Crippen LogP contribution in [-0.4, -0.2) is 18.6 Å². The van der Waals surface area contributed by atoms with Gasteiger partial charge < -0.3 is 4.43 Å². The van der Waals surface area contributed by atoms with E-state index >= 15 is 0 Å². The lowest BCUT2D eigenvalue weighted by atomic mass is 9.79. The Morgan fingerprint density at radius 2 is 1.46 bits per heavy atom. The second-order valence-electron chi connectivity index (χ2n) is 8.05. The lowest BCUT2D eigenvalue weighted by molar-refractivity contribution is -0.138. The Labute approximate surface area is 147 Å². The standard InChI is InChI=1S/C18H24F3OSi2/c1-11-13(9-10-24(6,7)8)14(18(19,20)21)12(2)16(22-23)15(11)17(3,4)5/h1-8H3. The molecule has 0 saturated heterocycles. The molecule has 0 atom stereocenters. The minimum absolute atomic E-state index is 0.0629. The molecule has 6 heteroatoms. The van der Waals surface area contributed by atoms with E-state index in [1.54, 1.807) is 6.92 Å². The first-order valence-electron chi connectivity index (χ1n) is 7.73. The second-order valence-corrected chi connectivity index (χ2v) is 13.0. The Hall–Kier alpha value is -1.20. The van der Waals surface area contributed by atoms with Crippen LogP contribution in [0.25, 0.3) is 0 Å². The van der Waals surface area contributed by atoms with Gasteiger partial charge in [0.2, 0.25) is 0 Å². The van der Waals surface area contributed by atoms with Gasteiger partial charge in [-0.2, -0.15) is 13.2 Å². The first kappa shape index (κ1) is 20.8. The summed E-state index contributed by atoms with van der Waals surface area (Å²) in [7, 11) is 1.12. The third-order valence-corrected chi connectivity index (χ3v) is 4.72. The third kappa shape index (κ3) is 4.45. The van der Waals surface area contributed by atoms with E-state index in [-0.39, 0.29) is 22.3 Å². The summed E-state index contributed by atoms with van der Waals surface area (Å²) >= 11 is 0. The molecule has 0 aliphatic heterocycles. The minimum Gasteiger partial charge on any atom is -0.540 e. The normalized spacial score (nSPS) is 12.7. The van der Waals surface area contributed by atoms with Crippen LogP contribution < -0.4 is 4.43 Å². The average molecular weight is 370 g/mol. The van der Waals surface area contributed by atoms with Gasteiger partial charge in [-0.05, 0) is 24.8 Å². The fourth-order valence-corrected chi connectivity index (χ4v) is 3.52. The fourth-order valence-electron chi connectivity index (χ4n) is 2.76. The molecule has 3 radical (unpaired) electrons. The lowest BCUT2D eigenvalue weighted by Crippen LogP contribution is -2.22. The predicted molar refractivity (Wildman–Crippen MR) is 96.2 cm³/mol. The zero-order valence-corrected chi connectivity index (χ0v) is 17.5. The van der Waals surface area contributed by atoms with Gasteiger partial charge in [-0.3, -0.25) is 0 Å². The summed E-state index contributed by atoms with van der Waals surface area (Å²) in [6.45, 7) is 15.0. The summed E-state index contributed by atoms with van der Waals surface area (Å²) in [4.78, 5) is 0. The van der Waals surface area contributed by atoms with Gasteiger partial charge in [0.15, 0.2) is 0 Å². The summed E-state index contributed by atoms with van der Waals surface area (Å²) in [5, 5.41) is 0. The van der Waals surface area contributed by atoms with Crippen molar-refractivity contribution in [3.63, 3.8) is 0 Å². The molecule has 0 saturated carbocycles. The van der Waals surface area contributed by atoms with Crippen molar-refractivity contribution in [3.8, 4) is 17.2 Å². The number of alkyl halides is 3.